The van der Waals surface area contributed by atoms with Gasteiger partial charge in [-0.3, -0.25) is 0 Å². The van der Waals surface area contributed by atoms with E-state index in [0.717, 1.165) is 12.8 Å². The van der Waals surface area contributed by atoms with Crippen LogP contribution in [-0.2, 0) is 9.53 Å². The molecule has 0 fully saturated rings. The first-order valence-corrected chi connectivity index (χ1v) is 8.35. The highest BCUT2D eigenvalue weighted by Crippen LogP contribution is 2.21. The summed E-state index contributed by atoms with van der Waals surface area (Å²) in [7, 11) is 0. The molecule has 0 aliphatic carbocycles. The minimum Gasteiger partial charge on any atom is -0.494 e. The summed E-state index contributed by atoms with van der Waals surface area (Å²) < 4.78 is 10.3. The normalized spacial score (nSPS) is 13.4. The zero-order chi connectivity index (χ0) is 17.1. The number of unbranched alkanes of at least 4 members (excludes halogenated alkanes) is 4. The lowest BCUT2D eigenvalue weighted by Gasteiger charge is -2.17. The van der Waals surface area contributed by atoms with Gasteiger partial charge in [0.1, 0.15) is 11.9 Å². The lowest BCUT2D eigenvalue weighted by Crippen LogP contribution is -2.29. The second kappa shape index (κ2) is 11.0. The van der Waals surface area contributed by atoms with Gasteiger partial charge in [-0.25, -0.2) is 4.79 Å². The van der Waals surface area contributed by atoms with Gasteiger partial charge < -0.3 is 19.7 Å². The highest BCUT2D eigenvalue weighted by molar-refractivity contribution is 5.75. The molecule has 1 rings (SSSR count). The molecule has 0 saturated heterocycles. The zero-order valence-corrected chi connectivity index (χ0v) is 14.0. The smallest absolute Gasteiger partial charge is 0.338 e. The summed E-state index contributed by atoms with van der Waals surface area (Å²) in [4.78, 5) is 11.4. The van der Waals surface area contributed by atoms with Crippen molar-refractivity contribution in [3.8, 4) is 5.75 Å². The summed E-state index contributed by atoms with van der Waals surface area (Å²) in [6, 6.07) is 6.73. The van der Waals surface area contributed by atoms with Gasteiger partial charge in [-0.2, -0.15) is 0 Å². The van der Waals surface area contributed by atoms with Crippen LogP contribution in [-0.4, -0.2) is 35.5 Å². The number of benzene rings is 1. The Bertz CT molecular complexity index is 443. The van der Waals surface area contributed by atoms with E-state index >= 15 is 0 Å². The molecule has 0 aliphatic heterocycles. The minimum atomic E-state index is -1.58. The molecule has 2 N–H and O–H groups in total. The molecule has 0 aliphatic rings. The summed E-state index contributed by atoms with van der Waals surface area (Å²) >= 11 is 0. The van der Waals surface area contributed by atoms with E-state index < -0.39 is 18.2 Å². The van der Waals surface area contributed by atoms with Crippen LogP contribution in [0.3, 0.4) is 0 Å². The number of carbonyl (C=O) groups is 1. The Balaban J connectivity index is 2.41. The summed E-state index contributed by atoms with van der Waals surface area (Å²) in [5.41, 5.74) is 0.445. The molecule has 1 aromatic carbocycles. The van der Waals surface area contributed by atoms with Crippen LogP contribution in [0.4, 0.5) is 0 Å². The summed E-state index contributed by atoms with van der Waals surface area (Å²) in [6.07, 6.45) is 3.01. The number of esters is 1. The Hall–Kier alpha value is -1.59. The first-order valence-electron chi connectivity index (χ1n) is 8.35. The van der Waals surface area contributed by atoms with E-state index in [4.69, 9.17) is 4.74 Å². The Labute approximate surface area is 138 Å². The van der Waals surface area contributed by atoms with Crippen LogP contribution in [0, 0.1) is 0 Å². The standard InChI is InChI=1S/C18H28O5/c1-3-5-6-7-8-13-23-15-11-9-14(10-12-15)16(19)17(20)18(21)22-4-2/h9-12,16-17,19-20H,3-8,13H2,1-2H3. The lowest BCUT2D eigenvalue weighted by atomic mass is 10.0. The van der Waals surface area contributed by atoms with E-state index in [1.54, 1.807) is 31.2 Å². The molecule has 0 spiro atoms. The maximum Gasteiger partial charge on any atom is 0.338 e. The van der Waals surface area contributed by atoms with Crippen molar-refractivity contribution in [2.45, 2.75) is 58.2 Å². The Morgan fingerprint density at radius 1 is 1.04 bits per heavy atom. The van der Waals surface area contributed by atoms with E-state index in [0.29, 0.717) is 17.9 Å². The second-order valence-electron chi connectivity index (χ2n) is 5.47. The molecule has 5 heteroatoms. The fourth-order valence-corrected chi connectivity index (χ4v) is 2.20. The van der Waals surface area contributed by atoms with Crippen molar-refractivity contribution in [2.24, 2.45) is 0 Å². The Kier molecular flexibility index (Phi) is 9.33. The average molecular weight is 324 g/mol. The van der Waals surface area contributed by atoms with E-state index in [-0.39, 0.29) is 6.61 Å². The van der Waals surface area contributed by atoms with Gasteiger partial charge in [0.15, 0.2) is 6.10 Å². The first kappa shape index (κ1) is 19.5. The maximum absolute atomic E-state index is 11.4. The summed E-state index contributed by atoms with van der Waals surface area (Å²) in [5.74, 6) is -0.116. The van der Waals surface area contributed by atoms with Gasteiger partial charge in [0.2, 0.25) is 0 Å². The van der Waals surface area contributed by atoms with Crippen LogP contribution in [0.25, 0.3) is 0 Å². The topological polar surface area (TPSA) is 76.0 Å². The zero-order valence-electron chi connectivity index (χ0n) is 14.0. The van der Waals surface area contributed by atoms with E-state index in [2.05, 4.69) is 11.7 Å². The molecular weight excluding hydrogens is 296 g/mol. The van der Waals surface area contributed by atoms with Crippen LogP contribution >= 0.6 is 0 Å². The van der Waals surface area contributed by atoms with Gasteiger partial charge in [-0.1, -0.05) is 44.7 Å². The highest BCUT2D eigenvalue weighted by Gasteiger charge is 2.26. The minimum absolute atomic E-state index is 0.160. The Morgan fingerprint density at radius 2 is 1.70 bits per heavy atom. The third-order valence-corrected chi connectivity index (χ3v) is 3.57. The number of carbonyl (C=O) groups excluding carboxylic acids is 1. The van der Waals surface area contributed by atoms with Crippen LogP contribution in [0.5, 0.6) is 5.75 Å². The fourth-order valence-electron chi connectivity index (χ4n) is 2.20. The van der Waals surface area contributed by atoms with Gasteiger partial charge in [-0.05, 0) is 31.0 Å². The van der Waals surface area contributed by atoms with Crippen LogP contribution < -0.4 is 4.74 Å². The largest absolute Gasteiger partial charge is 0.494 e. The molecule has 2 atom stereocenters. The third-order valence-electron chi connectivity index (χ3n) is 3.57. The lowest BCUT2D eigenvalue weighted by molar-refractivity contribution is -0.159. The third kappa shape index (κ3) is 7.01. The first-order chi connectivity index (χ1) is 11.1. The van der Waals surface area contributed by atoms with E-state index in [1.807, 2.05) is 0 Å². The molecule has 0 radical (unpaired) electrons. The SMILES string of the molecule is CCCCCCCOc1ccc(C(O)C(O)C(=O)OCC)cc1. The van der Waals surface area contributed by atoms with E-state index in [1.165, 1.54) is 19.3 Å². The quantitative estimate of drug-likeness (QED) is 0.483. The summed E-state index contributed by atoms with van der Waals surface area (Å²) in [5, 5.41) is 19.7. The molecule has 0 aromatic heterocycles. The fraction of sp³-hybridized carbons (Fsp3) is 0.611. The van der Waals surface area contributed by atoms with Crippen molar-refractivity contribution >= 4 is 5.97 Å². The molecule has 1 aromatic rings. The molecule has 0 saturated carbocycles. The van der Waals surface area contributed by atoms with Gasteiger partial charge >= 0.3 is 5.97 Å². The second-order valence-corrected chi connectivity index (χ2v) is 5.47. The van der Waals surface area contributed by atoms with Crippen LogP contribution in [0.15, 0.2) is 24.3 Å². The van der Waals surface area contributed by atoms with Gasteiger partial charge in [0.25, 0.3) is 0 Å². The van der Waals surface area contributed by atoms with E-state index in [9.17, 15) is 15.0 Å². The highest BCUT2D eigenvalue weighted by atomic mass is 16.5. The van der Waals surface area contributed by atoms with Crippen LogP contribution in [0.1, 0.15) is 57.6 Å². The predicted molar refractivity (Wildman–Crippen MR) is 88.3 cm³/mol. The molecule has 0 amide bonds. The molecule has 130 valence electrons. The van der Waals surface area contributed by atoms with Crippen LogP contribution in [0.2, 0.25) is 0 Å². The van der Waals surface area contributed by atoms with Gasteiger partial charge in [-0.15, -0.1) is 0 Å². The van der Waals surface area contributed by atoms with Crippen molar-refractivity contribution in [1.29, 1.82) is 0 Å². The average Bonchev–Trinajstić information content (AvgIpc) is 2.57. The molecule has 0 heterocycles. The van der Waals surface area contributed by atoms with Crippen molar-refractivity contribution in [3.63, 3.8) is 0 Å². The van der Waals surface area contributed by atoms with Crippen molar-refractivity contribution in [2.75, 3.05) is 13.2 Å². The maximum atomic E-state index is 11.4. The number of aliphatic hydroxyl groups excluding tert-OH is 2. The number of ether oxygens (including phenoxy) is 2. The number of hydrogen-bond acceptors (Lipinski definition) is 5. The number of hydrogen-bond donors (Lipinski definition) is 2. The number of rotatable bonds is 11. The number of aliphatic hydroxyl groups is 2. The monoisotopic (exact) mass is 324 g/mol. The summed E-state index contributed by atoms with van der Waals surface area (Å²) in [6.45, 7) is 4.65. The van der Waals surface area contributed by atoms with Gasteiger partial charge in [0.05, 0.1) is 13.2 Å². The van der Waals surface area contributed by atoms with Gasteiger partial charge in [0, 0.05) is 0 Å². The molecule has 5 nitrogen and oxygen atoms in total. The van der Waals surface area contributed by atoms with Crippen molar-refractivity contribution in [3.05, 3.63) is 29.8 Å². The molecule has 0 bridgehead atoms. The molecule has 23 heavy (non-hydrogen) atoms. The van der Waals surface area contributed by atoms with Crippen molar-refractivity contribution < 1.29 is 24.5 Å². The van der Waals surface area contributed by atoms with Crippen molar-refractivity contribution in [1.82, 2.24) is 0 Å². The Morgan fingerprint density at radius 3 is 2.30 bits per heavy atom. The predicted octanol–water partition coefficient (Wildman–Crippen LogP) is 2.99. The molecular formula is C18H28O5. The molecule has 2 unspecified atom stereocenters.